The number of methoxy groups -OCH3 is 1. The summed E-state index contributed by atoms with van der Waals surface area (Å²) < 4.78 is 25.1. The Morgan fingerprint density at radius 1 is 1.17 bits per heavy atom. The Morgan fingerprint density at radius 3 is 2.61 bits per heavy atom. The highest BCUT2D eigenvalue weighted by Gasteiger charge is 2.16. The van der Waals surface area contributed by atoms with E-state index in [0.717, 1.165) is 17.0 Å². The molecule has 0 aliphatic carbocycles. The van der Waals surface area contributed by atoms with Gasteiger partial charge in [-0.3, -0.25) is 0 Å². The van der Waals surface area contributed by atoms with E-state index in [1.54, 1.807) is 24.5 Å². The number of carbonyl (C=O) groups excluding carboxylic acids is 1. The first-order valence-corrected chi connectivity index (χ1v) is 7.21. The van der Waals surface area contributed by atoms with Crippen LogP contribution in [0.2, 0.25) is 0 Å². The van der Waals surface area contributed by atoms with Gasteiger partial charge in [-0.25, -0.2) is 9.18 Å². The lowest BCUT2D eigenvalue weighted by atomic mass is 10.2. The Bertz CT molecular complexity index is 788. The lowest BCUT2D eigenvalue weighted by Crippen LogP contribution is -2.14. The molecule has 3 aromatic rings. The van der Waals surface area contributed by atoms with Crippen molar-refractivity contribution in [3.05, 3.63) is 83.3 Å². The van der Waals surface area contributed by atoms with E-state index in [9.17, 15) is 9.18 Å². The Morgan fingerprint density at radius 2 is 1.96 bits per heavy atom. The SMILES string of the molecule is COC(=O)c1ccc(Cc2ccco2)n1Cc1ccc(F)cc1. The van der Waals surface area contributed by atoms with E-state index >= 15 is 0 Å². The fourth-order valence-corrected chi connectivity index (χ4v) is 2.50. The smallest absolute Gasteiger partial charge is 0.354 e. The maximum atomic E-state index is 13.1. The molecule has 0 amide bonds. The van der Waals surface area contributed by atoms with E-state index in [1.165, 1.54) is 19.2 Å². The quantitative estimate of drug-likeness (QED) is 0.675. The van der Waals surface area contributed by atoms with Crippen molar-refractivity contribution in [1.29, 1.82) is 0 Å². The monoisotopic (exact) mass is 313 g/mol. The van der Waals surface area contributed by atoms with Gasteiger partial charge in [0.25, 0.3) is 0 Å². The molecule has 23 heavy (non-hydrogen) atoms. The van der Waals surface area contributed by atoms with Crippen LogP contribution < -0.4 is 0 Å². The van der Waals surface area contributed by atoms with Gasteiger partial charge in [-0.05, 0) is 42.0 Å². The molecule has 5 heteroatoms. The van der Waals surface area contributed by atoms with Crippen LogP contribution in [0.25, 0.3) is 0 Å². The first kappa shape index (κ1) is 15.1. The van der Waals surface area contributed by atoms with Gasteiger partial charge < -0.3 is 13.7 Å². The van der Waals surface area contributed by atoms with E-state index in [4.69, 9.17) is 9.15 Å². The molecule has 0 aliphatic rings. The molecular weight excluding hydrogens is 297 g/mol. The third kappa shape index (κ3) is 3.34. The van der Waals surface area contributed by atoms with E-state index in [1.807, 2.05) is 22.8 Å². The molecule has 0 radical (unpaired) electrons. The Hall–Kier alpha value is -2.82. The van der Waals surface area contributed by atoms with Crippen LogP contribution in [-0.4, -0.2) is 17.6 Å². The molecule has 0 saturated heterocycles. The zero-order valence-electron chi connectivity index (χ0n) is 12.7. The molecule has 0 fully saturated rings. The number of esters is 1. The van der Waals surface area contributed by atoms with Crippen molar-refractivity contribution < 1.29 is 18.3 Å². The zero-order chi connectivity index (χ0) is 16.2. The Kier molecular flexibility index (Phi) is 4.28. The van der Waals surface area contributed by atoms with Crippen LogP contribution in [0.15, 0.2) is 59.2 Å². The molecule has 1 aromatic carbocycles. The van der Waals surface area contributed by atoms with Gasteiger partial charge in [0.2, 0.25) is 0 Å². The van der Waals surface area contributed by atoms with E-state index in [0.29, 0.717) is 18.7 Å². The van der Waals surface area contributed by atoms with Crippen LogP contribution in [0.4, 0.5) is 4.39 Å². The number of nitrogens with zero attached hydrogens (tertiary/aromatic N) is 1. The third-order valence-corrected chi connectivity index (χ3v) is 3.66. The summed E-state index contributed by atoms with van der Waals surface area (Å²) in [5.41, 5.74) is 2.27. The second-order valence-corrected chi connectivity index (χ2v) is 5.17. The number of aromatic nitrogens is 1. The van der Waals surface area contributed by atoms with Crippen molar-refractivity contribution >= 4 is 5.97 Å². The Balaban J connectivity index is 1.95. The van der Waals surface area contributed by atoms with Crippen molar-refractivity contribution in [3.63, 3.8) is 0 Å². The van der Waals surface area contributed by atoms with Crippen LogP contribution >= 0.6 is 0 Å². The van der Waals surface area contributed by atoms with Gasteiger partial charge in [0, 0.05) is 18.7 Å². The number of rotatable bonds is 5. The Labute approximate surface area is 133 Å². The largest absolute Gasteiger partial charge is 0.469 e. The highest BCUT2D eigenvalue weighted by Crippen LogP contribution is 2.18. The average Bonchev–Trinajstić information content (AvgIpc) is 3.20. The van der Waals surface area contributed by atoms with Gasteiger partial charge in [0.05, 0.1) is 13.4 Å². The number of ether oxygens (including phenoxy) is 1. The van der Waals surface area contributed by atoms with Crippen LogP contribution in [0.3, 0.4) is 0 Å². The molecule has 0 N–H and O–H groups in total. The van der Waals surface area contributed by atoms with E-state index in [-0.39, 0.29) is 5.82 Å². The van der Waals surface area contributed by atoms with Crippen LogP contribution in [0.5, 0.6) is 0 Å². The minimum atomic E-state index is -0.405. The first-order chi connectivity index (χ1) is 11.2. The molecule has 118 valence electrons. The lowest BCUT2D eigenvalue weighted by Gasteiger charge is -2.12. The summed E-state index contributed by atoms with van der Waals surface area (Å²) in [5, 5.41) is 0. The third-order valence-electron chi connectivity index (χ3n) is 3.66. The predicted molar refractivity (Wildman–Crippen MR) is 82.8 cm³/mol. The summed E-state index contributed by atoms with van der Waals surface area (Å²) in [6, 6.07) is 13.5. The fourth-order valence-electron chi connectivity index (χ4n) is 2.50. The van der Waals surface area contributed by atoms with Crippen LogP contribution in [0, 0.1) is 5.82 Å². The predicted octanol–water partition coefficient (Wildman–Crippen LogP) is 3.65. The molecule has 2 aromatic heterocycles. The van der Waals surface area contributed by atoms with Gasteiger partial charge in [0.1, 0.15) is 17.3 Å². The minimum Gasteiger partial charge on any atom is -0.469 e. The number of carbonyl (C=O) groups is 1. The molecule has 0 spiro atoms. The zero-order valence-corrected chi connectivity index (χ0v) is 12.7. The van der Waals surface area contributed by atoms with Gasteiger partial charge in [0.15, 0.2) is 0 Å². The first-order valence-electron chi connectivity index (χ1n) is 7.21. The summed E-state index contributed by atoms with van der Waals surface area (Å²) in [6.07, 6.45) is 2.18. The summed E-state index contributed by atoms with van der Waals surface area (Å²) in [5.74, 6) is 0.114. The van der Waals surface area contributed by atoms with Crippen LogP contribution in [-0.2, 0) is 17.7 Å². The van der Waals surface area contributed by atoms with Gasteiger partial charge in [-0.2, -0.15) is 0 Å². The molecular formula is C18H16FNO3. The summed E-state index contributed by atoms with van der Waals surface area (Å²) in [7, 11) is 1.35. The topological polar surface area (TPSA) is 44.4 Å². The molecule has 2 heterocycles. The maximum absolute atomic E-state index is 13.1. The molecule has 0 bridgehead atoms. The van der Waals surface area contributed by atoms with Gasteiger partial charge >= 0.3 is 5.97 Å². The fraction of sp³-hybridized carbons (Fsp3) is 0.167. The van der Waals surface area contributed by atoms with Crippen molar-refractivity contribution in [2.24, 2.45) is 0 Å². The molecule has 0 aliphatic heterocycles. The van der Waals surface area contributed by atoms with Crippen molar-refractivity contribution in [3.8, 4) is 0 Å². The van der Waals surface area contributed by atoms with Gasteiger partial charge in [-0.1, -0.05) is 12.1 Å². The summed E-state index contributed by atoms with van der Waals surface area (Å²) >= 11 is 0. The number of halogens is 1. The van der Waals surface area contributed by atoms with Crippen molar-refractivity contribution in [2.75, 3.05) is 7.11 Å². The average molecular weight is 313 g/mol. The van der Waals surface area contributed by atoms with E-state index in [2.05, 4.69) is 0 Å². The normalized spacial score (nSPS) is 10.7. The molecule has 3 rings (SSSR count). The highest BCUT2D eigenvalue weighted by molar-refractivity contribution is 5.87. The number of hydrogen-bond acceptors (Lipinski definition) is 3. The number of hydrogen-bond donors (Lipinski definition) is 0. The van der Waals surface area contributed by atoms with E-state index < -0.39 is 5.97 Å². The second-order valence-electron chi connectivity index (χ2n) is 5.17. The van der Waals surface area contributed by atoms with Crippen molar-refractivity contribution in [1.82, 2.24) is 4.57 Å². The summed E-state index contributed by atoms with van der Waals surface area (Å²) in [6.45, 7) is 0.452. The maximum Gasteiger partial charge on any atom is 0.354 e. The number of furan rings is 1. The lowest BCUT2D eigenvalue weighted by molar-refractivity contribution is 0.0588. The highest BCUT2D eigenvalue weighted by atomic mass is 19.1. The second kappa shape index (κ2) is 6.52. The molecule has 0 atom stereocenters. The number of benzene rings is 1. The molecule has 0 unspecified atom stereocenters. The molecule has 4 nitrogen and oxygen atoms in total. The minimum absolute atomic E-state index is 0.287. The van der Waals surface area contributed by atoms with Crippen LogP contribution in [0.1, 0.15) is 27.5 Å². The van der Waals surface area contributed by atoms with Crippen molar-refractivity contribution in [2.45, 2.75) is 13.0 Å². The van der Waals surface area contributed by atoms with Gasteiger partial charge in [-0.15, -0.1) is 0 Å². The molecule has 0 saturated carbocycles. The standard InChI is InChI=1S/C18H16FNO3/c1-22-18(21)17-9-8-15(11-16-3-2-10-23-16)20(17)12-13-4-6-14(19)7-5-13/h2-10H,11-12H2,1H3. The summed E-state index contributed by atoms with van der Waals surface area (Å²) in [4.78, 5) is 12.0.